The maximum atomic E-state index is 12.3. The average Bonchev–Trinajstić information content (AvgIpc) is 2.01. The Hall–Kier alpha value is -0.740. The third-order valence-corrected chi connectivity index (χ3v) is 3.31. The summed E-state index contributed by atoms with van der Waals surface area (Å²) in [4.78, 5) is 10.7. The van der Waals surface area contributed by atoms with Gasteiger partial charge in [-0.1, -0.05) is 0 Å². The molecule has 2 rings (SSSR count). The summed E-state index contributed by atoms with van der Waals surface area (Å²) in [6.45, 7) is 0. The average molecular weight is 207 g/mol. The van der Waals surface area contributed by atoms with Crippen LogP contribution in [-0.4, -0.2) is 17.6 Å². The van der Waals surface area contributed by atoms with Gasteiger partial charge in [-0.05, 0) is 25.7 Å². The van der Waals surface area contributed by atoms with Gasteiger partial charge in [-0.15, -0.1) is 0 Å². The number of hydrogen-bond donors (Lipinski definition) is 1. The summed E-state index contributed by atoms with van der Waals surface area (Å²) in [7, 11) is 0. The first-order valence-corrected chi connectivity index (χ1v) is 4.79. The Balaban J connectivity index is 1.90. The van der Waals surface area contributed by atoms with Crippen LogP contribution in [0.5, 0.6) is 0 Å². The van der Waals surface area contributed by atoms with Gasteiger partial charge in [0, 0.05) is 12.0 Å². The van der Waals surface area contributed by atoms with E-state index in [-0.39, 0.29) is 24.3 Å². The minimum atomic E-state index is -4.06. The van der Waals surface area contributed by atoms with Gasteiger partial charge in [0.05, 0.1) is 5.92 Å². The van der Waals surface area contributed by atoms with Gasteiger partial charge in [0.1, 0.15) is 0 Å². The topological polar surface area (TPSA) is 29.1 Å². The van der Waals surface area contributed by atoms with Gasteiger partial charge in [0.25, 0.3) is 0 Å². The van der Waals surface area contributed by atoms with E-state index in [1.54, 1.807) is 0 Å². The van der Waals surface area contributed by atoms with Crippen molar-refractivity contribution in [3.63, 3.8) is 0 Å². The van der Waals surface area contributed by atoms with Crippen LogP contribution in [0.25, 0.3) is 0 Å². The minimum absolute atomic E-state index is 0.0320. The Morgan fingerprint density at radius 3 is 2.14 bits per heavy atom. The lowest BCUT2D eigenvalue weighted by atomic mass is 9.71. The highest BCUT2D eigenvalue weighted by molar-refractivity contribution is 5.84. The third kappa shape index (κ3) is 1.60. The predicted molar refractivity (Wildman–Crippen MR) is 43.5 cm³/mol. The summed E-state index contributed by atoms with van der Waals surface area (Å²) < 4.78 is 36.9. The van der Waals surface area contributed by atoms with Crippen molar-refractivity contribution in [1.82, 2.24) is 5.32 Å². The van der Waals surface area contributed by atoms with Crippen LogP contribution in [-0.2, 0) is 4.79 Å². The van der Waals surface area contributed by atoms with Crippen molar-refractivity contribution in [3.05, 3.63) is 0 Å². The molecule has 1 N–H and O–H groups in total. The second-order valence-electron chi connectivity index (χ2n) is 4.32. The molecule has 0 bridgehead atoms. The summed E-state index contributed by atoms with van der Waals surface area (Å²) in [6.07, 6.45) is -2.38. The van der Waals surface area contributed by atoms with E-state index in [2.05, 4.69) is 5.32 Å². The van der Waals surface area contributed by atoms with Gasteiger partial charge < -0.3 is 5.32 Å². The van der Waals surface area contributed by atoms with Gasteiger partial charge in [-0.3, -0.25) is 4.79 Å². The fraction of sp³-hybridized carbons (Fsp3) is 0.889. The number of amides is 1. The van der Waals surface area contributed by atoms with Crippen LogP contribution in [0, 0.1) is 5.92 Å². The normalized spacial score (nSPS) is 37.9. The molecule has 0 aromatic rings. The fourth-order valence-corrected chi connectivity index (χ4v) is 2.38. The van der Waals surface area contributed by atoms with Crippen LogP contribution in [0.3, 0.4) is 0 Å². The lowest BCUT2D eigenvalue weighted by molar-refractivity contribution is -0.187. The molecule has 0 unspecified atom stereocenters. The zero-order valence-electron chi connectivity index (χ0n) is 7.66. The molecule has 1 heterocycles. The number of carbonyl (C=O) groups is 1. The summed E-state index contributed by atoms with van der Waals surface area (Å²) in [5.74, 6) is -1.19. The summed E-state index contributed by atoms with van der Waals surface area (Å²) in [6, 6.07) is 0. The molecule has 1 spiro atoms. The Morgan fingerprint density at radius 2 is 1.79 bits per heavy atom. The maximum absolute atomic E-state index is 12.3. The SMILES string of the molecule is O=C1CC2(CCC(C(F)(F)F)CC2)N1. The molecule has 80 valence electrons. The minimum Gasteiger partial charge on any atom is -0.350 e. The van der Waals surface area contributed by atoms with Gasteiger partial charge >= 0.3 is 6.18 Å². The summed E-state index contributed by atoms with van der Waals surface area (Å²) in [5, 5.41) is 2.72. The molecule has 2 fully saturated rings. The molecule has 1 amide bonds. The fourth-order valence-electron chi connectivity index (χ4n) is 2.38. The lowest BCUT2D eigenvalue weighted by Crippen LogP contribution is -2.62. The van der Waals surface area contributed by atoms with E-state index in [0.29, 0.717) is 19.3 Å². The molecule has 5 heteroatoms. The summed E-state index contributed by atoms with van der Waals surface area (Å²) in [5.41, 5.74) is -0.279. The van der Waals surface area contributed by atoms with Gasteiger partial charge in [-0.25, -0.2) is 0 Å². The highest BCUT2D eigenvalue weighted by atomic mass is 19.4. The van der Waals surface area contributed by atoms with Crippen molar-refractivity contribution in [1.29, 1.82) is 0 Å². The number of nitrogens with one attached hydrogen (secondary N) is 1. The summed E-state index contributed by atoms with van der Waals surface area (Å²) >= 11 is 0. The van der Waals surface area contributed by atoms with Crippen LogP contribution in [0.4, 0.5) is 13.2 Å². The molecule has 14 heavy (non-hydrogen) atoms. The van der Waals surface area contributed by atoms with Crippen LogP contribution < -0.4 is 5.32 Å². The standard InChI is InChI=1S/C9H12F3NO/c10-9(11,12)6-1-3-8(4-2-6)5-7(14)13-8/h6H,1-5H2,(H,13,14). The first-order valence-electron chi connectivity index (χ1n) is 4.79. The van der Waals surface area contributed by atoms with Gasteiger partial charge in [-0.2, -0.15) is 13.2 Å². The van der Waals surface area contributed by atoms with Crippen molar-refractivity contribution in [3.8, 4) is 0 Å². The van der Waals surface area contributed by atoms with E-state index in [0.717, 1.165) is 0 Å². The Labute approximate surface area is 79.9 Å². The smallest absolute Gasteiger partial charge is 0.350 e. The monoisotopic (exact) mass is 207 g/mol. The second-order valence-corrected chi connectivity index (χ2v) is 4.32. The second kappa shape index (κ2) is 2.87. The molecular weight excluding hydrogens is 195 g/mol. The van der Waals surface area contributed by atoms with E-state index < -0.39 is 12.1 Å². The molecule has 2 aliphatic rings. The Morgan fingerprint density at radius 1 is 1.29 bits per heavy atom. The predicted octanol–water partition coefficient (Wildman–Crippen LogP) is 2.00. The van der Waals surface area contributed by atoms with Gasteiger partial charge in [0.2, 0.25) is 5.91 Å². The van der Waals surface area contributed by atoms with Crippen molar-refractivity contribution < 1.29 is 18.0 Å². The number of alkyl halides is 3. The van der Waals surface area contributed by atoms with Crippen LogP contribution in [0.15, 0.2) is 0 Å². The quantitative estimate of drug-likeness (QED) is 0.605. The maximum Gasteiger partial charge on any atom is 0.391 e. The van der Waals surface area contributed by atoms with E-state index in [9.17, 15) is 18.0 Å². The van der Waals surface area contributed by atoms with Crippen LogP contribution >= 0.6 is 0 Å². The molecule has 2 nitrogen and oxygen atoms in total. The molecule has 0 radical (unpaired) electrons. The first-order chi connectivity index (χ1) is 6.41. The third-order valence-electron chi connectivity index (χ3n) is 3.31. The molecule has 0 atom stereocenters. The largest absolute Gasteiger partial charge is 0.391 e. The number of halogens is 3. The van der Waals surface area contributed by atoms with Crippen molar-refractivity contribution in [2.24, 2.45) is 5.92 Å². The molecule has 1 aliphatic heterocycles. The van der Waals surface area contributed by atoms with E-state index in [4.69, 9.17) is 0 Å². The molecule has 1 aliphatic carbocycles. The highest BCUT2D eigenvalue weighted by Crippen LogP contribution is 2.44. The van der Waals surface area contributed by atoms with E-state index in [1.807, 2.05) is 0 Å². The van der Waals surface area contributed by atoms with E-state index >= 15 is 0 Å². The van der Waals surface area contributed by atoms with Crippen molar-refractivity contribution >= 4 is 5.91 Å². The number of hydrogen-bond acceptors (Lipinski definition) is 1. The van der Waals surface area contributed by atoms with E-state index in [1.165, 1.54) is 0 Å². The molecule has 1 saturated heterocycles. The zero-order chi connectivity index (χ0) is 10.4. The van der Waals surface area contributed by atoms with Gasteiger partial charge in [0.15, 0.2) is 0 Å². The van der Waals surface area contributed by atoms with Crippen molar-refractivity contribution in [2.75, 3.05) is 0 Å². The number of carbonyl (C=O) groups excluding carboxylic acids is 1. The Bertz CT molecular complexity index is 243. The highest BCUT2D eigenvalue weighted by Gasteiger charge is 2.50. The zero-order valence-corrected chi connectivity index (χ0v) is 7.66. The van der Waals surface area contributed by atoms with Crippen LogP contribution in [0.1, 0.15) is 32.1 Å². The molecule has 0 aromatic heterocycles. The number of rotatable bonds is 0. The lowest BCUT2D eigenvalue weighted by Gasteiger charge is -2.47. The molecule has 0 aromatic carbocycles. The van der Waals surface area contributed by atoms with Crippen LogP contribution in [0.2, 0.25) is 0 Å². The first kappa shape index (κ1) is 9.80. The molecular formula is C9H12F3NO. The number of β-lactam (4-membered cyclic amide) rings is 1. The molecule has 1 saturated carbocycles. The Kier molecular flexibility index (Phi) is 2.01. The van der Waals surface area contributed by atoms with Crippen molar-refractivity contribution in [2.45, 2.75) is 43.8 Å².